The van der Waals surface area contributed by atoms with Gasteiger partial charge in [-0.25, -0.2) is 0 Å². The summed E-state index contributed by atoms with van der Waals surface area (Å²) in [5, 5.41) is 4.83. The van der Waals surface area contributed by atoms with Crippen LogP contribution in [-0.2, 0) is 16.1 Å². The van der Waals surface area contributed by atoms with Crippen molar-refractivity contribution in [2.45, 2.75) is 26.5 Å². The highest BCUT2D eigenvalue weighted by Crippen LogP contribution is 2.20. The van der Waals surface area contributed by atoms with Crippen molar-refractivity contribution in [2.75, 3.05) is 6.61 Å². The van der Waals surface area contributed by atoms with Crippen LogP contribution in [0.2, 0.25) is 0 Å². The van der Waals surface area contributed by atoms with Crippen LogP contribution in [0.5, 0.6) is 0 Å². The van der Waals surface area contributed by atoms with Gasteiger partial charge in [0.2, 0.25) is 5.91 Å². The first-order valence-electron chi connectivity index (χ1n) is 4.75. The number of amides is 1. The fourth-order valence-electron chi connectivity index (χ4n) is 1.10. The molecule has 15 heavy (non-hydrogen) atoms. The van der Waals surface area contributed by atoms with Crippen molar-refractivity contribution < 1.29 is 9.53 Å². The predicted molar refractivity (Wildman–Crippen MR) is 65.0 cm³/mol. The third-order valence-electron chi connectivity index (χ3n) is 1.87. The van der Waals surface area contributed by atoms with Gasteiger partial charge in [0.05, 0.1) is 3.79 Å². The van der Waals surface area contributed by atoms with Crippen molar-refractivity contribution in [1.29, 1.82) is 0 Å². The van der Waals surface area contributed by atoms with E-state index < -0.39 is 0 Å². The van der Waals surface area contributed by atoms with Gasteiger partial charge in [-0.05, 0) is 46.8 Å². The Labute approximate surface area is 102 Å². The van der Waals surface area contributed by atoms with E-state index in [2.05, 4.69) is 21.2 Å². The molecular formula is C10H14BrNO2S. The molecule has 0 aliphatic carbocycles. The quantitative estimate of drug-likeness (QED) is 0.905. The minimum absolute atomic E-state index is 0.0702. The normalized spacial score (nSPS) is 12.5. The molecule has 0 bridgehead atoms. The van der Waals surface area contributed by atoms with Crippen molar-refractivity contribution >= 4 is 33.2 Å². The Morgan fingerprint density at radius 3 is 3.00 bits per heavy atom. The van der Waals surface area contributed by atoms with Crippen LogP contribution in [-0.4, -0.2) is 18.6 Å². The number of nitrogens with one attached hydrogen (secondary N) is 1. The number of ether oxygens (including phenoxy) is 1. The Kier molecular flexibility index (Phi) is 5.28. The number of carbonyl (C=O) groups excluding carboxylic acids is 1. The zero-order valence-electron chi connectivity index (χ0n) is 8.75. The lowest BCUT2D eigenvalue weighted by molar-refractivity contribution is -0.131. The molecule has 1 amide bonds. The van der Waals surface area contributed by atoms with E-state index in [0.717, 1.165) is 9.35 Å². The smallest absolute Gasteiger partial charge is 0.249 e. The van der Waals surface area contributed by atoms with Crippen LogP contribution >= 0.6 is 27.3 Å². The molecule has 1 atom stereocenters. The Morgan fingerprint density at radius 1 is 1.73 bits per heavy atom. The molecule has 0 fully saturated rings. The van der Waals surface area contributed by atoms with Crippen molar-refractivity contribution in [1.82, 2.24) is 5.32 Å². The van der Waals surface area contributed by atoms with Crippen molar-refractivity contribution in [3.8, 4) is 0 Å². The maximum atomic E-state index is 11.5. The van der Waals surface area contributed by atoms with Gasteiger partial charge in [0, 0.05) is 13.2 Å². The molecule has 0 aliphatic heterocycles. The van der Waals surface area contributed by atoms with Crippen LogP contribution in [0.1, 0.15) is 19.4 Å². The summed E-state index contributed by atoms with van der Waals surface area (Å²) < 4.78 is 6.25. The maximum absolute atomic E-state index is 11.5. The molecule has 0 aromatic carbocycles. The first-order valence-corrected chi connectivity index (χ1v) is 6.43. The van der Waals surface area contributed by atoms with E-state index in [1.54, 1.807) is 18.3 Å². The van der Waals surface area contributed by atoms with E-state index in [1.165, 1.54) is 0 Å². The Balaban J connectivity index is 2.34. The molecule has 0 radical (unpaired) electrons. The summed E-state index contributed by atoms with van der Waals surface area (Å²) >= 11 is 4.98. The van der Waals surface area contributed by atoms with Crippen LogP contribution in [0.4, 0.5) is 0 Å². The van der Waals surface area contributed by atoms with E-state index in [4.69, 9.17) is 4.74 Å². The third-order valence-corrected chi connectivity index (χ3v) is 3.43. The van der Waals surface area contributed by atoms with Crippen LogP contribution in [0.3, 0.4) is 0 Å². The number of hydrogen-bond acceptors (Lipinski definition) is 3. The molecule has 1 N–H and O–H groups in total. The van der Waals surface area contributed by atoms with Crippen molar-refractivity contribution in [3.63, 3.8) is 0 Å². The molecule has 5 heteroatoms. The minimum atomic E-state index is -0.378. The number of rotatable bonds is 5. The largest absolute Gasteiger partial charge is 0.369 e. The number of carbonyl (C=O) groups is 1. The van der Waals surface area contributed by atoms with Gasteiger partial charge in [-0.1, -0.05) is 0 Å². The molecule has 3 nitrogen and oxygen atoms in total. The van der Waals surface area contributed by atoms with E-state index in [9.17, 15) is 4.79 Å². The summed E-state index contributed by atoms with van der Waals surface area (Å²) in [6.07, 6.45) is -0.378. The fourth-order valence-corrected chi connectivity index (χ4v) is 2.31. The van der Waals surface area contributed by atoms with Crippen molar-refractivity contribution in [3.05, 3.63) is 20.8 Å². The third kappa shape index (κ3) is 4.32. The lowest BCUT2D eigenvalue weighted by Crippen LogP contribution is -2.33. The molecule has 1 rings (SSSR count). The molecule has 84 valence electrons. The van der Waals surface area contributed by atoms with Crippen LogP contribution in [0.25, 0.3) is 0 Å². The summed E-state index contributed by atoms with van der Waals surface area (Å²) in [6, 6.07) is 2.00. The average molecular weight is 292 g/mol. The maximum Gasteiger partial charge on any atom is 0.249 e. The van der Waals surface area contributed by atoms with E-state index in [-0.39, 0.29) is 12.0 Å². The van der Waals surface area contributed by atoms with E-state index in [1.807, 2.05) is 18.4 Å². The average Bonchev–Trinajstić information content (AvgIpc) is 2.61. The highest BCUT2D eigenvalue weighted by molar-refractivity contribution is 9.11. The molecule has 0 spiro atoms. The number of hydrogen-bond donors (Lipinski definition) is 1. The van der Waals surface area contributed by atoms with Gasteiger partial charge in [0.25, 0.3) is 0 Å². The monoisotopic (exact) mass is 291 g/mol. The Hall–Kier alpha value is -0.390. The van der Waals surface area contributed by atoms with Crippen LogP contribution in [0.15, 0.2) is 15.2 Å². The standard InChI is InChI=1S/C10H14BrNO2S/c1-3-14-7(2)10(13)12-5-8-4-9(11)15-6-8/h4,6-7H,3,5H2,1-2H3,(H,12,13)/t7-/m0/s1. The Morgan fingerprint density at radius 2 is 2.47 bits per heavy atom. The predicted octanol–water partition coefficient (Wildman–Crippen LogP) is 2.55. The SMILES string of the molecule is CCO[C@@H](C)C(=O)NCc1csc(Br)c1. The molecule has 0 aliphatic rings. The molecule has 1 heterocycles. The fraction of sp³-hybridized carbons (Fsp3) is 0.500. The van der Waals surface area contributed by atoms with Crippen LogP contribution < -0.4 is 5.32 Å². The summed E-state index contributed by atoms with van der Waals surface area (Å²) in [4.78, 5) is 11.5. The highest BCUT2D eigenvalue weighted by Gasteiger charge is 2.11. The molecule has 0 saturated heterocycles. The van der Waals surface area contributed by atoms with E-state index >= 15 is 0 Å². The second-order valence-electron chi connectivity index (χ2n) is 3.07. The minimum Gasteiger partial charge on any atom is -0.369 e. The van der Waals surface area contributed by atoms with Crippen LogP contribution in [0, 0.1) is 0 Å². The second-order valence-corrected chi connectivity index (χ2v) is 5.36. The van der Waals surface area contributed by atoms with Gasteiger partial charge in [-0.15, -0.1) is 11.3 Å². The highest BCUT2D eigenvalue weighted by atomic mass is 79.9. The Bertz CT molecular complexity index is 327. The van der Waals surface area contributed by atoms with E-state index in [0.29, 0.717) is 13.2 Å². The summed E-state index contributed by atoms with van der Waals surface area (Å²) in [5.41, 5.74) is 1.10. The lowest BCUT2D eigenvalue weighted by Gasteiger charge is -2.11. The number of thiophene rings is 1. The second kappa shape index (κ2) is 6.25. The van der Waals surface area contributed by atoms with Gasteiger partial charge in [-0.3, -0.25) is 4.79 Å². The van der Waals surface area contributed by atoms with Crippen molar-refractivity contribution in [2.24, 2.45) is 0 Å². The summed E-state index contributed by atoms with van der Waals surface area (Å²) in [6.45, 7) is 4.74. The lowest BCUT2D eigenvalue weighted by atomic mass is 10.3. The molecule has 0 unspecified atom stereocenters. The molecule has 0 saturated carbocycles. The van der Waals surface area contributed by atoms with Gasteiger partial charge in [0.1, 0.15) is 6.10 Å². The first kappa shape index (κ1) is 12.7. The zero-order chi connectivity index (χ0) is 11.3. The summed E-state index contributed by atoms with van der Waals surface area (Å²) in [5.74, 6) is -0.0702. The topological polar surface area (TPSA) is 38.3 Å². The van der Waals surface area contributed by atoms with Gasteiger partial charge in [0.15, 0.2) is 0 Å². The zero-order valence-corrected chi connectivity index (χ0v) is 11.2. The summed E-state index contributed by atoms with van der Waals surface area (Å²) in [7, 11) is 0. The van der Waals surface area contributed by atoms with Gasteiger partial charge >= 0.3 is 0 Å². The molecular weight excluding hydrogens is 278 g/mol. The van der Waals surface area contributed by atoms with Gasteiger partial charge < -0.3 is 10.1 Å². The molecule has 1 aromatic heterocycles. The van der Waals surface area contributed by atoms with Gasteiger partial charge in [-0.2, -0.15) is 0 Å². The first-order chi connectivity index (χ1) is 7.13. The number of halogens is 1. The molecule has 1 aromatic rings.